The Balaban J connectivity index is 2.49. The van der Waals surface area contributed by atoms with Crippen LogP contribution in [-0.2, 0) is 11.3 Å². The van der Waals surface area contributed by atoms with E-state index in [1.165, 1.54) is 10.7 Å². The van der Waals surface area contributed by atoms with Gasteiger partial charge >= 0.3 is 5.97 Å². The minimum atomic E-state index is -1.06. The summed E-state index contributed by atoms with van der Waals surface area (Å²) in [6.07, 6.45) is 1.90. The van der Waals surface area contributed by atoms with E-state index in [1.54, 1.807) is 11.1 Å². The number of aryl methyl sites for hydroxylation is 1. The summed E-state index contributed by atoms with van der Waals surface area (Å²) >= 11 is 0. The number of carboxylic acid groups (broad SMARTS) is 1. The molecule has 6 heteroatoms. The lowest BCUT2D eigenvalue weighted by atomic mass is 10.3. The van der Waals surface area contributed by atoms with Gasteiger partial charge in [0.2, 0.25) is 5.91 Å². The van der Waals surface area contributed by atoms with E-state index in [2.05, 4.69) is 5.10 Å². The molecule has 0 unspecified atom stereocenters. The van der Waals surface area contributed by atoms with E-state index in [1.807, 2.05) is 13.8 Å². The highest BCUT2D eigenvalue weighted by atomic mass is 16.4. The van der Waals surface area contributed by atoms with E-state index in [4.69, 9.17) is 5.11 Å². The van der Waals surface area contributed by atoms with Crippen LogP contribution in [0.3, 0.4) is 0 Å². The number of aromatic nitrogens is 2. The molecule has 94 valence electrons. The second-order valence-electron chi connectivity index (χ2n) is 3.59. The lowest BCUT2D eigenvalue weighted by molar-refractivity contribution is -0.131. The number of carboxylic acids is 1. The summed E-state index contributed by atoms with van der Waals surface area (Å²) in [5.41, 5.74) is 0.000267. The fourth-order valence-electron chi connectivity index (χ4n) is 1.54. The van der Waals surface area contributed by atoms with Crippen molar-refractivity contribution < 1.29 is 14.7 Å². The van der Waals surface area contributed by atoms with Crippen LogP contribution in [-0.4, -0.2) is 44.8 Å². The van der Waals surface area contributed by atoms with Crippen molar-refractivity contribution in [1.29, 1.82) is 0 Å². The zero-order chi connectivity index (χ0) is 12.8. The van der Waals surface area contributed by atoms with Crippen molar-refractivity contribution >= 4 is 11.9 Å². The van der Waals surface area contributed by atoms with E-state index >= 15 is 0 Å². The Morgan fingerprint density at radius 1 is 1.41 bits per heavy atom. The van der Waals surface area contributed by atoms with Gasteiger partial charge in [-0.25, -0.2) is 4.79 Å². The van der Waals surface area contributed by atoms with Gasteiger partial charge in [-0.2, -0.15) is 5.10 Å². The molecule has 1 rings (SSSR count). The zero-order valence-electron chi connectivity index (χ0n) is 10.1. The van der Waals surface area contributed by atoms with Crippen molar-refractivity contribution in [2.24, 2.45) is 0 Å². The summed E-state index contributed by atoms with van der Waals surface area (Å²) in [6, 6.07) is 1.42. The number of amides is 1. The molecule has 0 aliphatic rings. The molecule has 0 aromatic carbocycles. The Morgan fingerprint density at radius 2 is 2.06 bits per heavy atom. The number of carbonyl (C=O) groups is 2. The zero-order valence-corrected chi connectivity index (χ0v) is 10.1. The van der Waals surface area contributed by atoms with Gasteiger partial charge in [0.25, 0.3) is 0 Å². The number of hydrogen-bond donors (Lipinski definition) is 1. The van der Waals surface area contributed by atoms with Crippen molar-refractivity contribution in [3.8, 4) is 0 Å². The molecule has 0 saturated carbocycles. The van der Waals surface area contributed by atoms with E-state index in [0.29, 0.717) is 26.1 Å². The molecule has 0 aliphatic carbocycles. The highest BCUT2D eigenvalue weighted by molar-refractivity contribution is 5.85. The lowest BCUT2D eigenvalue weighted by Crippen LogP contribution is -2.31. The van der Waals surface area contributed by atoms with Crippen LogP contribution in [0, 0.1) is 0 Å². The number of aromatic carboxylic acids is 1. The summed E-state index contributed by atoms with van der Waals surface area (Å²) < 4.78 is 1.48. The molecule has 0 fully saturated rings. The highest BCUT2D eigenvalue weighted by Crippen LogP contribution is 1.99. The topological polar surface area (TPSA) is 75.4 Å². The largest absolute Gasteiger partial charge is 0.476 e. The Hall–Kier alpha value is -1.85. The third-order valence-electron chi connectivity index (χ3n) is 2.53. The minimum absolute atomic E-state index is 0.000267. The maximum absolute atomic E-state index is 11.7. The molecule has 0 aliphatic heterocycles. The molecule has 0 radical (unpaired) electrons. The predicted octanol–water partition coefficient (Wildman–Crippen LogP) is 0.840. The highest BCUT2D eigenvalue weighted by Gasteiger charge is 2.11. The molecule has 6 nitrogen and oxygen atoms in total. The molecule has 0 saturated heterocycles. The second kappa shape index (κ2) is 6.03. The fourth-order valence-corrected chi connectivity index (χ4v) is 1.54. The van der Waals surface area contributed by atoms with Crippen molar-refractivity contribution in [2.45, 2.75) is 26.8 Å². The van der Waals surface area contributed by atoms with Crippen molar-refractivity contribution in [1.82, 2.24) is 14.7 Å². The van der Waals surface area contributed by atoms with Crippen LogP contribution in [0.1, 0.15) is 30.8 Å². The summed E-state index contributed by atoms with van der Waals surface area (Å²) in [7, 11) is 0. The van der Waals surface area contributed by atoms with Gasteiger partial charge in [-0.3, -0.25) is 9.48 Å². The first kappa shape index (κ1) is 13.2. The molecule has 1 heterocycles. The first-order chi connectivity index (χ1) is 8.08. The van der Waals surface area contributed by atoms with Gasteiger partial charge in [0.1, 0.15) is 0 Å². The first-order valence-electron chi connectivity index (χ1n) is 5.63. The van der Waals surface area contributed by atoms with E-state index < -0.39 is 5.97 Å². The maximum Gasteiger partial charge on any atom is 0.356 e. The molecule has 1 aromatic heterocycles. The average molecular weight is 239 g/mol. The number of hydrogen-bond acceptors (Lipinski definition) is 3. The molecule has 1 aromatic rings. The number of nitrogens with zero attached hydrogens (tertiary/aromatic N) is 3. The van der Waals surface area contributed by atoms with Gasteiger partial charge in [-0.1, -0.05) is 0 Å². The van der Waals surface area contributed by atoms with Gasteiger partial charge in [0, 0.05) is 32.3 Å². The van der Waals surface area contributed by atoms with Crippen LogP contribution in [0.2, 0.25) is 0 Å². The van der Waals surface area contributed by atoms with E-state index in [0.717, 1.165) is 0 Å². The van der Waals surface area contributed by atoms with Gasteiger partial charge in [-0.15, -0.1) is 0 Å². The Labute approximate surface area is 99.8 Å². The molecular formula is C11H17N3O3. The van der Waals surface area contributed by atoms with Gasteiger partial charge in [-0.05, 0) is 19.9 Å². The smallest absolute Gasteiger partial charge is 0.356 e. The first-order valence-corrected chi connectivity index (χ1v) is 5.63. The summed E-state index contributed by atoms with van der Waals surface area (Å²) in [4.78, 5) is 24.0. The third-order valence-corrected chi connectivity index (χ3v) is 2.53. The van der Waals surface area contributed by atoms with Crippen LogP contribution < -0.4 is 0 Å². The minimum Gasteiger partial charge on any atom is -0.476 e. The second-order valence-corrected chi connectivity index (χ2v) is 3.59. The SMILES string of the molecule is CCN(CC)C(=O)CCn1ccc(C(=O)O)n1. The maximum atomic E-state index is 11.7. The monoisotopic (exact) mass is 239 g/mol. The predicted molar refractivity (Wildman–Crippen MR) is 61.7 cm³/mol. The van der Waals surface area contributed by atoms with Crippen molar-refractivity contribution in [3.05, 3.63) is 18.0 Å². The van der Waals surface area contributed by atoms with Gasteiger partial charge < -0.3 is 10.0 Å². The molecule has 1 N–H and O–H groups in total. The van der Waals surface area contributed by atoms with Crippen LogP contribution in [0.25, 0.3) is 0 Å². The quantitative estimate of drug-likeness (QED) is 0.798. The van der Waals surface area contributed by atoms with Crippen LogP contribution >= 0.6 is 0 Å². The molecular weight excluding hydrogens is 222 g/mol. The molecule has 0 spiro atoms. The van der Waals surface area contributed by atoms with Gasteiger partial charge in [0.05, 0.1) is 0 Å². The third kappa shape index (κ3) is 3.58. The van der Waals surface area contributed by atoms with Crippen LogP contribution in [0.15, 0.2) is 12.3 Å². The standard InChI is InChI=1S/C11H17N3O3/c1-3-13(4-2)10(15)6-8-14-7-5-9(12-14)11(16)17/h5,7H,3-4,6,8H2,1-2H3,(H,16,17). The van der Waals surface area contributed by atoms with Crippen molar-refractivity contribution in [2.75, 3.05) is 13.1 Å². The summed E-state index contributed by atoms with van der Waals surface area (Å²) in [6.45, 7) is 5.64. The Kier molecular flexibility index (Phi) is 4.68. The van der Waals surface area contributed by atoms with E-state index in [9.17, 15) is 9.59 Å². The molecule has 0 bridgehead atoms. The van der Waals surface area contributed by atoms with Gasteiger partial charge in [0.15, 0.2) is 5.69 Å². The Morgan fingerprint density at radius 3 is 2.53 bits per heavy atom. The number of rotatable bonds is 6. The van der Waals surface area contributed by atoms with Crippen LogP contribution in [0.4, 0.5) is 0 Å². The molecule has 0 atom stereocenters. The normalized spacial score (nSPS) is 10.2. The van der Waals surface area contributed by atoms with Crippen LogP contribution in [0.5, 0.6) is 0 Å². The fraction of sp³-hybridized carbons (Fsp3) is 0.545. The summed E-state index contributed by atoms with van der Waals surface area (Å²) in [5.74, 6) is -0.999. The lowest BCUT2D eigenvalue weighted by Gasteiger charge is -2.18. The summed E-state index contributed by atoms with van der Waals surface area (Å²) in [5, 5.41) is 12.5. The average Bonchev–Trinajstić information content (AvgIpc) is 2.76. The van der Waals surface area contributed by atoms with E-state index in [-0.39, 0.29) is 11.6 Å². The Bertz CT molecular complexity index is 396. The molecule has 1 amide bonds. The number of carbonyl (C=O) groups excluding carboxylic acids is 1. The molecule has 17 heavy (non-hydrogen) atoms. The van der Waals surface area contributed by atoms with Crippen molar-refractivity contribution in [3.63, 3.8) is 0 Å².